The van der Waals surface area contributed by atoms with E-state index in [9.17, 15) is 0 Å². The molecule has 10 heavy (non-hydrogen) atoms. The van der Waals surface area contributed by atoms with E-state index in [1.807, 2.05) is 0 Å². The summed E-state index contributed by atoms with van der Waals surface area (Å²) in [5.74, 6) is 0. The lowest BCUT2D eigenvalue weighted by Gasteiger charge is -1.91. The smallest absolute Gasteiger partial charge is 0.147 e. The zero-order valence-electron chi connectivity index (χ0n) is 5.12. The number of halogens is 1. The molecule has 0 spiro atoms. The first kappa shape index (κ1) is 6.07. The maximum absolute atomic E-state index is 5.52. The third kappa shape index (κ3) is 1.10. The van der Waals surface area contributed by atoms with Gasteiger partial charge in [-0.15, -0.1) is 0 Å². The molecule has 1 atom stereocenters. The molecular formula is C6H5ClN2O. The van der Waals surface area contributed by atoms with Crippen LogP contribution < -0.4 is 0 Å². The Bertz CT molecular complexity index is 232. The number of rotatable bonds is 1. The average Bonchev–Trinajstić information content (AvgIpc) is 2.71. The van der Waals surface area contributed by atoms with Crippen molar-refractivity contribution in [1.82, 2.24) is 9.97 Å². The van der Waals surface area contributed by atoms with Crippen LogP contribution in [-0.2, 0) is 4.74 Å². The van der Waals surface area contributed by atoms with Crippen LogP contribution in [0.1, 0.15) is 11.8 Å². The van der Waals surface area contributed by atoms with Gasteiger partial charge in [0, 0.05) is 0 Å². The molecule has 0 saturated carbocycles. The molecule has 1 aliphatic rings. The highest BCUT2D eigenvalue weighted by Gasteiger charge is 2.26. The van der Waals surface area contributed by atoms with Gasteiger partial charge in [-0.1, -0.05) is 11.6 Å². The minimum atomic E-state index is 0.171. The Kier molecular flexibility index (Phi) is 1.32. The molecule has 1 fully saturated rings. The Morgan fingerprint density at radius 1 is 1.50 bits per heavy atom. The minimum absolute atomic E-state index is 0.171. The summed E-state index contributed by atoms with van der Waals surface area (Å²) in [6, 6.07) is 0. The van der Waals surface area contributed by atoms with Gasteiger partial charge in [-0.25, -0.2) is 4.98 Å². The van der Waals surface area contributed by atoms with Crippen molar-refractivity contribution in [2.75, 3.05) is 6.61 Å². The van der Waals surface area contributed by atoms with Crippen LogP contribution in [0.15, 0.2) is 12.4 Å². The van der Waals surface area contributed by atoms with Crippen molar-refractivity contribution >= 4 is 11.6 Å². The van der Waals surface area contributed by atoms with Gasteiger partial charge < -0.3 is 4.74 Å². The molecule has 0 bridgehead atoms. The summed E-state index contributed by atoms with van der Waals surface area (Å²) in [5, 5.41) is 0.421. The molecule has 0 N–H and O–H groups in total. The van der Waals surface area contributed by atoms with E-state index in [2.05, 4.69) is 9.97 Å². The van der Waals surface area contributed by atoms with Crippen molar-refractivity contribution in [3.8, 4) is 0 Å². The molecule has 0 radical (unpaired) electrons. The molecule has 1 aliphatic heterocycles. The fourth-order valence-electron chi connectivity index (χ4n) is 0.707. The first-order valence-electron chi connectivity index (χ1n) is 2.95. The zero-order chi connectivity index (χ0) is 6.97. The van der Waals surface area contributed by atoms with Crippen molar-refractivity contribution in [2.24, 2.45) is 0 Å². The van der Waals surface area contributed by atoms with Crippen LogP contribution in [0.5, 0.6) is 0 Å². The van der Waals surface area contributed by atoms with Crippen LogP contribution in [-0.4, -0.2) is 16.6 Å². The highest BCUT2D eigenvalue weighted by molar-refractivity contribution is 6.29. The quantitative estimate of drug-likeness (QED) is 0.574. The summed E-state index contributed by atoms with van der Waals surface area (Å²) in [4.78, 5) is 7.88. The highest BCUT2D eigenvalue weighted by atomic mass is 35.5. The molecule has 2 heterocycles. The van der Waals surface area contributed by atoms with E-state index in [0.717, 1.165) is 12.3 Å². The fourth-order valence-corrected chi connectivity index (χ4v) is 0.805. The van der Waals surface area contributed by atoms with Crippen molar-refractivity contribution in [3.63, 3.8) is 0 Å². The molecule has 0 aliphatic carbocycles. The summed E-state index contributed by atoms with van der Waals surface area (Å²) >= 11 is 5.52. The molecule has 4 heteroatoms. The van der Waals surface area contributed by atoms with Crippen molar-refractivity contribution in [2.45, 2.75) is 6.10 Å². The van der Waals surface area contributed by atoms with Crippen LogP contribution in [0.25, 0.3) is 0 Å². The van der Waals surface area contributed by atoms with E-state index < -0.39 is 0 Å². The predicted octanol–water partition coefficient (Wildman–Crippen LogP) is 1.20. The number of nitrogens with zero attached hydrogens (tertiary/aromatic N) is 2. The Morgan fingerprint density at radius 2 is 2.30 bits per heavy atom. The SMILES string of the molecule is Clc1cnc([C@@H]2CO2)cn1. The van der Waals surface area contributed by atoms with E-state index in [0.29, 0.717) is 5.15 Å². The number of ether oxygens (including phenoxy) is 1. The maximum atomic E-state index is 5.52. The van der Waals surface area contributed by atoms with Gasteiger partial charge in [-0.3, -0.25) is 4.98 Å². The summed E-state index contributed by atoms with van der Waals surface area (Å²) in [6.07, 6.45) is 3.34. The van der Waals surface area contributed by atoms with Gasteiger partial charge in [-0.2, -0.15) is 0 Å². The van der Waals surface area contributed by atoms with Crippen LogP contribution in [0.4, 0.5) is 0 Å². The minimum Gasteiger partial charge on any atom is -0.366 e. The normalized spacial score (nSPS) is 22.7. The lowest BCUT2D eigenvalue weighted by molar-refractivity contribution is 0.411. The third-order valence-corrected chi connectivity index (χ3v) is 1.50. The van der Waals surface area contributed by atoms with Crippen LogP contribution in [0.2, 0.25) is 5.15 Å². The van der Waals surface area contributed by atoms with Gasteiger partial charge in [0.2, 0.25) is 0 Å². The summed E-state index contributed by atoms with van der Waals surface area (Å²) in [6.45, 7) is 0.760. The topological polar surface area (TPSA) is 38.3 Å². The maximum Gasteiger partial charge on any atom is 0.147 e. The summed E-state index contributed by atoms with van der Waals surface area (Å²) in [7, 11) is 0. The monoisotopic (exact) mass is 156 g/mol. The lowest BCUT2D eigenvalue weighted by atomic mass is 10.3. The summed E-state index contributed by atoms with van der Waals surface area (Å²) < 4.78 is 4.99. The fraction of sp³-hybridized carbons (Fsp3) is 0.333. The van der Waals surface area contributed by atoms with Gasteiger partial charge >= 0.3 is 0 Å². The first-order chi connectivity index (χ1) is 4.86. The third-order valence-electron chi connectivity index (χ3n) is 1.30. The average molecular weight is 157 g/mol. The van der Waals surface area contributed by atoms with E-state index in [1.165, 1.54) is 6.20 Å². The molecule has 2 rings (SSSR count). The Balaban J connectivity index is 2.28. The number of hydrogen-bond donors (Lipinski definition) is 0. The standard InChI is InChI=1S/C6H5ClN2O/c7-6-2-8-4(1-9-6)5-3-10-5/h1-2,5H,3H2/t5-/m0/s1. The molecule has 3 nitrogen and oxygen atoms in total. The predicted molar refractivity (Wildman–Crippen MR) is 35.7 cm³/mol. The second-order valence-corrected chi connectivity index (χ2v) is 2.47. The van der Waals surface area contributed by atoms with Crippen LogP contribution in [0, 0.1) is 0 Å². The lowest BCUT2D eigenvalue weighted by Crippen LogP contribution is -1.87. The molecule has 52 valence electrons. The van der Waals surface area contributed by atoms with E-state index in [-0.39, 0.29) is 6.10 Å². The first-order valence-corrected chi connectivity index (χ1v) is 3.33. The second kappa shape index (κ2) is 2.18. The largest absolute Gasteiger partial charge is 0.366 e. The van der Waals surface area contributed by atoms with Gasteiger partial charge in [0.25, 0.3) is 0 Å². The van der Waals surface area contributed by atoms with Gasteiger partial charge in [-0.05, 0) is 0 Å². The van der Waals surface area contributed by atoms with Gasteiger partial charge in [0.05, 0.1) is 24.7 Å². The van der Waals surface area contributed by atoms with Gasteiger partial charge in [0.1, 0.15) is 11.3 Å². The van der Waals surface area contributed by atoms with Crippen molar-refractivity contribution in [3.05, 3.63) is 23.2 Å². The van der Waals surface area contributed by atoms with Crippen LogP contribution >= 0.6 is 11.6 Å². The molecular weight excluding hydrogens is 152 g/mol. The van der Waals surface area contributed by atoms with E-state index in [4.69, 9.17) is 16.3 Å². The molecule has 1 saturated heterocycles. The molecule has 0 aromatic carbocycles. The molecule has 0 unspecified atom stereocenters. The second-order valence-electron chi connectivity index (χ2n) is 2.09. The number of aromatic nitrogens is 2. The molecule has 1 aromatic heterocycles. The van der Waals surface area contributed by atoms with E-state index >= 15 is 0 Å². The number of hydrogen-bond acceptors (Lipinski definition) is 3. The molecule has 0 amide bonds. The van der Waals surface area contributed by atoms with Crippen molar-refractivity contribution in [1.29, 1.82) is 0 Å². The number of epoxide rings is 1. The van der Waals surface area contributed by atoms with Crippen molar-refractivity contribution < 1.29 is 4.74 Å². The Morgan fingerprint density at radius 3 is 2.80 bits per heavy atom. The van der Waals surface area contributed by atoms with Crippen LogP contribution in [0.3, 0.4) is 0 Å². The highest BCUT2D eigenvalue weighted by Crippen LogP contribution is 2.27. The zero-order valence-corrected chi connectivity index (χ0v) is 5.88. The van der Waals surface area contributed by atoms with Gasteiger partial charge in [0.15, 0.2) is 0 Å². The Labute approximate surface area is 63.0 Å². The molecule has 1 aromatic rings. The Hall–Kier alpha value is -0.670. The summed E-state index contributed by atoms with van der Waals surface area (Å²) in [5.41, 5.74) is 0.865. The van der Waals surface area contributed by atoms with E-state index in [1.54, 1.807) is 6.20 Å².